The molecule has 16 aliphatic carbocycles. The fraction of sp³-hybridized carbons (Fsp3) is 0.712. The highest BCUT2D eigenvalue weighted by atomic mass is 16.2. The van der Waals surface area contributed by atoms with E-state index in [1.165, 1.54) is 257 Å². The molecule has 5 aromatic carbocycles. The van der Waals surface area contributed by atoms with Gasteiger partial charge in [-0.15, -0.1) is 0 Å². The minimum atomic E-state index is 0.220. The van der Waals surface area contributed by atoms with Crippen molar-refractivity contribution in [3.8, 4) is 0 Å². The van der Waals surface area contributed by atoms with Gasteiger partial charge in [-0.3, -0.25) is 47.9 Å². The summed E-state index contributed by atoms with van der Waals surface area (Å²) < 4.78 is 0. The van der Waals surface area contributed by atoms with E-state index in [0.29, 0.717) is 145 Å². The Morgan fingerprint density at radius 3 is 0.463 bits per heavy atom. The average molecular weight is 2030 g/mol. The van der Waals surface area contributed by atoms with Crippen LogP contribution in [0.2, 0.25) is 0 Å². The topological polar surface area (TPSA) is 171 Å². The van der Waals surface area contributed by atoms with E-state index < -0.39 is 0 Å². The Balaban J connectivity index is 0.000000140. The molecule has 0 atom stereocenters. The van der Waals surface area contributed by atoms with Crippen LogP contribution in [-0.2, 0) is 0 Å². The lowest BCUT2D eigenvalue weighted by molar-refractivity contribution is -0.0526. The van der Waals surface area contributed by atoms with Gasteiger partial charge in [0.15, 0.2) is 57.8 Å². The summed E-state index contributed by atoms with van der Waals surface area (Å²) in [5.41, 5.74) is 14.7. The zero-order chi connectivity index (χ0) is 106. The first-order chi connectivity index (χ1) is 70.7. The van der Waals surface area contributed by atoms with Gasteiger partial charge in [0.2, 0.25) is 0 Å². The van der Waals surface area contributed by atoms with Gasteiger partial charge in [-0.1, -0.05) is 212 Å². The first-order valence-corrected chi connectivity index (χ1v) is 61.6. The summed E-state index contributed by atoms with van der Waals surface area (Å²) in [5, 5.41) is 0. The van der Waals surface area contributed by atoms with Crippen LogP contribution < -0.4 is 0 Å². The highest BCUT2D eigenvalue weighted by Crippen LogP contribution is 2.64. The molecule has 0 aliphatic heterocycles. The maximum atomic E-state index is 13.6. The first kappa shape index (κ1) is 116. The third kappa shape index (κ3) is 33.4. The molecule has 10 heteroatoms. The molecule has 0 spiro atoms. The Kier molecular flexibility index (Phi) is 40.2. The van der Waals surface area contributed by atoms with Gasteiger partial charge in [-0.25, -0.2) is 0 Å². The summed E-state index contributed by atoms with van der Waals surface area (Å²) in [6, 6.07) is 29.3. The molecule has 0 amide bonds. The molecular weight excluding hydrogens is 1830 g/mol. The predicted octanol–water partition coefficient (Wildman–Crippen LogP) is 37.9. The normalized spacial score (nSPS) is 28.3. The van der Waals surface area contributed by atoms with Gasteiger partial charge in [0.1, 0.15) is 0 Å². The van der Waals surface area contributed by atoms with Crippen molar-refractivity contribution >= 4 is 57.8 Å². The monoisotopic (exact) mass is 2030 g/mol. The molecule has 0 radical (unpaired) electrons. The molecular formula is C139H200O10. The van der Waals surface area contributed by atoms with Crippen LogP contribution in [0.3, 0.4) is 0 Å². The molecule has 8 bridgehead atoms. The van der Waals surface area contributed by atoms with Gasteiger partial charge in [0.05, 0.1) is 0 Å². The minimum absolute atomic E-state index is 0.220. The van der Waals surface area contributed by atoms with Gasteiger partial charge >= 0.3 is 0 Å². The van der Waals surface area contributed by atoms with E-state index in [1.54, 1.807) is 0 Å². The number of hydrogen-bond donors (Lipinski definition) is 0. The molecule has 0 aromatic heterocycles. The van der Waals surface area contributed by atoms with E-state index in [2.05, 4.69) is 90.0 Å². The summed E-state index contributed by atoms with van der Waals surface area (Å²) in [6.45, 7) is 38.1. The van der Waals surface area contributed by atoms with Gasteiger partial charge < -0.3 is 0 Å². The second kappa shape index (κ2) is 51.7. The predicted molar refractivity (Wildman–Crippen MR) is 612 cm³/mol. The van der Waals surface area contributed by atoms with E-state index in [-0.39, 0.29) is 57.1 Å². The third-order valence-electron chi connectivity index (χ3n) is 41.0. The SMILES string of the molecule is Cc1cc(C(=O)CC23CC4CC(CC(C4)C2)C3)cc(C(=O)CC23CC4CC(CC(C4)C2)C3)c1.Cc1cc(C(=O)CC2CCC(C(C)(C)C)CC2)cc(C(=O)CC2CCC(C(C)(C)C)CC2)c1.Cc1cc(C(=O)CC2CCC(C(C)(C)C)CC2)cc(C(=O)CC2CCC(C(C)(C)C)CC2)c1.Cc1cc(C(=O)CC2CCCCC2)cc(C(=O)CC2CCCCC2)c1.Cc1cc(C(=O)CC2CCCCC2)cc(C(=O)CC2CCCCC2)c1. The highest BCUT2D eigenvalue weighted by molar-refractivity contribution is 6.06. The number of carbonyl (C=O) groups excluding carboxylic acids is 10. The molecule has 0 N–H and O–H groups in total. The average Bonchev–Trinajstić information content (AvgIpc) is 0.748. The third-order valence-corrected chi connectivity index (χ3v) is 41.0. The maximum absolute atomic E-state index is 13.6. The highest BCUT2D eigenvalue weighted by Gasteiger charge is 2.54. The number of Topliss-reactive ketones (excluding diaryl/α,β-unsaturated/α-hetero) is 10. The molecule has 5 aromatic rings. The summed E-state index contributed by atoms with van der Waals surface area (Å²) >= 11 is 0. The van der Waals surface area contributed by atoms with E-state index in [4.69, 9.17) is 0 Å². The molecule has 0 heterocycles. The van der Waals surface area contributed by atoms with Gasteiger partial charge in [-0.05, 0) is 472 Å². The summed E-state index contributed by atoms with van der Waals surface area (Å²) in [5.74, 6) is 14.8. The smallest absolute Gasteiger partial charge is 0.163 e. The number of carbonyl (C=O) groups is 10. The van der Waals surface area contributed by atoms with Crippen molar-refractivity contribution in [2.75, 3.05) is 0 Å². The van der Waals surface area contributed by atoms with Crippen LogP contribution in [0.25, 0.3) is 0 Å². The minimum Gasteiger partial charge on any atom is -0.294 e. The Labute approximate surface area is 903 Å². The summed E-state index contributed by atoms with van der Waals surface area (Å²) in [7, 11) is 0. The molecule has 16 saturated carbocycles. The fourth-order valence-corrected chi connectivity index (χ4v) is 33.0. The van der Waals surface area contributed by atoms with E-state index in [9.17, 15) is 47.9 Å². The maximum Gasteiger partial charge on any atom is 0.163 e. The van der Waals surface area contributed by atoms with Crippen molar-refractivity contribution in [2.45, 2.75) is 490 Å². The Hall–Kier alpha value is -7.20. The van der Waals surface area contributed by atoms with Crippen LogP contribution in [0.1, 0.15) is 587 Å². The Bertz CT molecular complexity index is 4750. The standard InChI is InChI=1S/C31H40O2.2C31H48O2.2C23H32O2/c1-19-2-26(28(32)17-30-11-20-4-21(12-30)6-22(5-20)13-30)10-27(3-19)29(33)18-31-14-23-7-24(15-31)9-25(8-23)16-31;2*1-21-16-24(28(32)18-22-8-12-26(13-9-22)30(2,3)4)20-25(17-21)29(33)19-23-10-14-27(15-11-23)31(5,6)7;2*1-17-12-20(22(24)14-18-8-4-2-5-9-18)16-21(13-17)23(25)15-19-10-6-3-7-11-19/h2-3,10,20-25H,4-9,11-18H2,1H3;2*16-17,20,22-23,26-27H,8-15,18-19H2,1-7H3;2*12-13,16,18-19H,2-11,14-15H2,1H3. The largest absolute Gasteiger partial charge is 0.294 e. The Morgan fingerprint density at radius 2 is 0.322 bits per heavy atom. The van der Waals surface area contributed by atoms with Crippen molar-refractivity contribution < 1.29 is 47.9 Å². The molecule has 10 nitrogen and oxygen atoms in total. The quantitative estimate of drug-likeness (QED) is 0.0403. The fourth-order valence-electron chi connectivity index (χ4n) is 33.0. The zero-order valence-corrected chi connectivity index (χ0v) is 96.6. The molecule has 21 rings (SSSR count). The molecule has 149 heavy (non-hydrogen) atoms. The van der Waals surface area contributed by atoms with Crippen molar-refractivity contribution in [1.82, 2.24) is 0 Å². The van der Waals surface area contributed by atoms with E-state index in [0.717, 1.165) is 194 Å². The van der Waals surface area contributed by atoms with Crippen molar-refractivity contribution in [3.63, 3.8) is 0 Å². The van der Waals surface area contributed by atoms with Crippen LogP contribution in [0.5, 0.6) is 0 Å². The second-order valence-corrected chi connectivity index (χ2v) is 57.8. The molecule has 0 saturated heterocycles. The van der Waals surface area contributed by atoms with Crippen LogP contribution in [0.4, 0.5) is 0 Å². The zero-order valence-electron chi connectivity index (χ0n) is 96.6. The molecule has 0 unspecified atom stereocenters. The molecule has 16 fully saturated rings. The van der Waals surface area contributed by atoms with E-state index >= 15 is 0 Å². The lowest BCUT2D eigenvalue weighted by Gasteiger charge is -2.56. The van der Waals surface area contributed by atoms with E-state index in [1.807, 2.05) is 119 Å². The van der Waals surface area contributed by atoms with Gasteiger partial charge in [0.25, 0.3) is 0 Å². The van der Waals surface area contributed by atoms with Crippen LogP contribution in [0.15, 0.2) is 91.0 Å². The lowest BCUT2D eigenvalue weighted by atomic mass is 9.48. The Morgan fingerprint density at radius 1 is 0.188 bits per heavy atom. The number of ketones is 10. The number of rotatable bonds is 30. The van der Waals surface area contributed by atoms with Crippen LogP contribution in [0, 0.1) is 174 Å². The molecule has 816 valence electrons. The summed E-state index contributed by atoms with van der Waals surface area (Å²) in [6.07, 6.45) is 66.6. The number of benzene rings is 5. The first-order valence-electron chi connectivity index (χ1n) is 61.6. The van der Waals surface area contributed by atoms with Crippen molar-refractivity contribution in [2.24, 2.45) is 139 Å². The van der Waals surface area contributed by atoms with Crippen LogP contribution in [-0.4, -0.2) is 57.8 Å². The summed E-state index contributed by atoms with van der Waals surface area (Å²) in [4.78, 5) is 130. The lowest BCUT2D eigenvalue weighted by Crippen LogP contribution is -2.47. The number of hydrogen-bond acceptors (Lipinski definition) is 10. The van der Waals surface area contributed by atoms with Gasteiger partial charge in [-0.2, -0.15) is 0 Å². The van der Waals surface area contributed by atoms with Crippen molar-refractivity contribution in [3.05, 3.63) is 174 Å². The second-order valence-electron chi connectivity index (χ2n) is 57.8. The van der Waals surface area contributed by atoms with Crippen molar-refractivity contribution in [1.29, 1.82) is 0 Å². The molecule has 16 aliphatic rings. The number of aryl methyl sites for hydroxylation is 5. The van der Waals surface area contributed by atoms with Gasteiger partial charge in [0, 0.05) is 120 Å². The van der Waals surface area contributed by atoms with Crippen LogP contribution >= 0.6 is 0 Å².